The van der Waals surface area contributed by atoms with Crippen molar-refractivity contribution in [2.75, 3.05) is 6.61 Å². The number of carbonyl (C=O) groups excluding carboxylic acids is 2. The molecule has 0 aromatic heterocycles. The summed E-state index contributed by atoms with van der Waals surface area (Å²) in [6, 6.07) is 20.7. The Labute approximate surface area is 208 Å². The molecule has 174 valence electrons. The topological polar surface area (TPSA) is 55.8 Å². The second kappa shape index (κ2) is 10.8. The highest BCUT2D eigenvalue weighted by Crippen LogP contribution is 2.35. The highest BCUT2D eigenvalue weighted by molar-refractivity contribution is 8.18. The Hall–Kier alpha value is -3.22. The molecule has 2 amide bonds. The molecule has 0 bridgehead atoms. The van der Waals surface area contributed by atoms with Crippen LogP contribution in [0.25, 0.3) is 6.08 Å². The number of thioether (sulfide) groups is 1. The van der Waals surface area contributed by atoms with E-state index in [-0.39, 0.29) is 17.7 Å². The molecule has 34 heavy (non-hydrogen) atoms. The summed E-state index contributed by atoms with van der Waals surface area (Å²) in [5, 5.41) is 0.376. The van der Waals surface area contributed by atoms with E-state index in [1.165, 1.54) is 4.90 Å². The molecule has 0 unspecified atom stereocenters. The van der Waals surface area contributed by atoms with Crippen LogP contribution in [0.1, 0.15) is 29.2 Å². The maximum absolute atomic E-state index is 12.9. The molecule has 1 fully saturated rings. The minimum atomic E-state index is -0.296. The van der Waals surface area contributed by atoms with Crippen LogP contribution >= 0.6 is 23.4 Å². The van der Waals surface area contributed by atoms with Gasteiger partial charge in [0.1, 0.15) is 6.61 Å². The standard InChI is InChI=1S/C27H24ClNO4S/c1-3-32-24-14-20(11-12-23(24)33-17-21-5-4-6-22(28)13-21)15-25-26(30)29(27(31)34-25)16-19-9-7-18(2)8-10-19/h4-15H,3,16-17H2,1-2H3/b25-15-. The number of rotatable bonds is 8. The van der Waals surface area contributed by atoms with E-state index in [0.29, 0.717) is 34.6 Å². The van der Waals surface area contributed by atoms with Crippen molar-refractivity contribution in [1.82, 2.24) is 4.90 Å². The van der Waals surface area contributed by atoms with Crippen molar-refractivity contribution in [2.45, 2.75) is 27.0 Å². The van der Waals surface area contributed by atoms with Crippen molar-refractivity contribution in [3.8, 4) is 11.5 Å². The molecule has 1 saturated heterocycles. The average molecular weight is 494 g/mol. The van der Waals surface area contributed by atoms with E-state index < -0.39 is 0 Å². The predicted octanol–water partition coefficient (Wildman–Crippen LogP) is 6.86. The highest BCUT2D eigenvalue weighted by atomic mass is 35.5. The number of amides is 2. The maximum atomic E-state index is 12.9. The fourth-order valence-electron chi connectivity index (χ4n) is 3.45. The van der Waals surface area contributed by atoms with Gasteiger partial charge in [0.15, 0.2) is 11.5 Å². The monoisotopic (exact) mass is 493 g/mol. The van der Waals surface area contributed by atoms with Crippen LogP contribution in [-0.4, -0.2) is 22.7 Å². The first-order valence-corrected chi connectivity index (χ1v) is 12.1. The molecule has 7 heteroatoms. The number of ether oxygens (including phenoxy) is 2. The van der Waals surface area contributed by atoms with Crippen molar-refractivity contribution < 1.29 is 19.1 Å². The quantitative estimate of drug-likeness (QED) is 0.321. The number of benzene rings is 3. The van der Waals surface area contributed by atoms with Gasteiger partial charge in [-0.3, -0.25) is 14.5 Å². The van der Waals surface area contributed by atoms with E-state index in [1.54, 1.807) is 12.1 Å². The van der Waals surface area contributed by atoms with Crippen molar-refractivity contribution in [3.05, 3.63) is 98.9 Å². The van der Waals surface area contributed by atoms with E-state index in [0.717, 1.165) is 34.0 Å². The van der Waals surface area contributed by atoms with Crippen LogP contribution in [0.2, 0.25) is 5.02 Å². The summed E-state index contributed by atoms with van der Waals surface area (Å²) in [5.74, 6) is 0.860. The first kappa shape index (κ1) is 23.9. The third-order valence-corrected chi connectivity index (χ3v) is 6.33. The molecule has 0 radical (unpaired) electrons. The summed E-state index contributed by atoms with van der Waals surface area (Å²) in [6.07, 6.45) is 1.71. The Morgan fingerprint density at radius 1 is 0.941 bits per heavy atom. The molecule has 1 aliphatic rings. The van der Waals surface area contributed by atoms with Crippen molar-refractivity contribution in [2.24, 2.45) is 0 Å². The third kappa shape index (κ3) is 5.82. The summed E-state index contributed by atoms with van der Waals surface area (Å²) in [4.78, 5) is 27.1. The highest BCUT2D eigenvalue weighted by Gasteiger charge is 2.35. The summed E-state index contributed by atoms with van der Waals surface area (Å²) in [5.41, 5.74) is 3.73. The number of nitrogens with zero attached hydrogens (tertiary/aromatic N) is 1. The lowest BCUT2D eigenvalue weighted by atomic mass is 10.1. The van der Waals surface area contributed by atoms with Gasteiger partial charge in [-0.15, -0.1) is 0 Å². The van der Waals surface area contributed by atoms with Gasteiger partial charge in [0.25, 0.3) is 11.1 Å². The van der Waals surface area contributed by atoms with Gasteiger partial charge in [0, 0.05) is 5.02 Å². The predicted molar refractivity (Wildman–Crippen MR) is 136 cm³/mol. The fourth-order valence-corrected chi connectivity index (χ4v) is 4.50. The largest absolute Gasteiger partial charge is 0.490 e. The van der Waals surface area contributed by atoms with Crippen LogP contribution in [0.4, 0.5) is 4.79 Å². The minimum absolute atomic E-state index is 0.253. The zero-order chi connectivity index (χ0) is 24.1. The van der Waals surface area contributed by atoms with Gasteiger partial charge in [0.05, 0.1) is 18.1 Å². The molecule has 0 aliphatic carbocycles. The summed E-state index contributed by atoms with van der Waals surface area (Å²) >= 11 is 6.99. The lowest BCUT2D eigenvalue weighted by Gasteiger charge is -2.13. The molecule has 3 aromatic carbocycles. The Kier molecular flexibility index (Phi) is 7.60. The van der Waals surface area contributed by atoms with Gasteiger partial charge in [-0.25, -0.2) is 0 Å². The first-order valence-electron chi connectivity index (χ1n) is 10.9. The van der Waals surface area contributed by atoms with Gasteiger partial charge >= 0.3 is 0 Å². The van der Waals surface area contributed by atoms with E-state index in [2.05, 4.69) is 0 Å². The molecule has 3 aromatic rings. The molecule has 1 heterocycles. The van der Waals surface area contributed by atoms with E-state index >= 15 is 0 Å². The van der Waals surface area contributed by atoms with Gasteiger partial charge in [-0.05, 0) is 72.6 Å². The number of imide groups is 1. The summed E-state index contributed by atoms with van der Waals surface area (Å²) in [7, 11) is 0. The smallest absolute Gasteiger partial charge is 0.293 e. The van der Waals surface area contributed by atoms with Crippen molar-refractivity contribution >= 4 is 40.6 Å². The summed E-state index contributed by atoms with van der Waals surface area (Å²) < 4.78 is 11.7. The molecule has 4 rings (SSSR count). The van der Waals surface area contributed by atoms with Gasteiger partial charge in [-0.2, -0.15) is 0 Å². The third-order valence-electron chi connectivity index (χ3n) is 5.18. The minimum Gasteiger partial charge on any atom is -0.490 e. The number of carbonyl (C=O) groups is 2. The molecule has 5 nitrogen and oxygen atoms in total. The number of hydrogen-bond acceptors (Lipinski definition) is 5. The zero-order valence-corrected chi connectivity index (χ0v) is 20.5. The summed E-state index contributed by atoms with van der Waals surface area (Å²) in [6.45, 7) is 4.95. The number of aryl methyl sites for hydroxylation is 1. The van der Waals surface area contributed by atoms with Crippen LogP contribution in [0.3, 0.4) is 0 Å². The Morgan fingerprint density at radius 3 is 2.47 bits per heavy atom. The van der Waals surface area contributed by atoms with Crippen LogP contribution in [0.15, 0.2) is 71.6 Å². The van der Waals surface area contributed by atoms with Gasteiger partial charge < -0.3 is 9.47 Å². The zero-order valence-electron chi connectivity index (χ0n) is 18.9. The van der Waals surface area contributed by atoms with Crippen molar-refractivity contribution in [1.29, 1.82) is 0 Å². The van der Waals surface area contributed by atoms with Crippen molar-refractivity contribution in [3.63, 3.8) is 0 Å². The Morgan fingerprint density at radius 2 is 1.74 bits per heavy atom. The van der Waals surface area contributed by atoms with Crippen LogP contribution in [-0.2, 0) is 17.9 Å². The molecular formula is C27H24ClNO4S. The molecular weight excluding hydrogens is 470 g/mol. The molecule has 1 aliphatic heterocycles. The SMILES string of the molecule is CCOc1cc(/C=C2\SC(=O)N(Cc3ccc(C)cc3)C2=O)ccc1OCc1cccc(Cl)c1. The van der Waals surface area contributed by atoms with Gasteiger partial charge in [0.2, 0.25) is 0 Å². The van der Waals surface area contributed by atoms with Gasteiger partial charge in [-0.1, -0.05) is 59.6 Å². The fraction of sp³-hybridized carbons (Fsp3) is 0.185. The molecule has 0 N–H and O–H groups in total. The van der Waals surface area contributed by atoms with Crippen LogP contribution in [0, 0.1) is 6.92 Å². The average Bonchev–Trinajstić information content (AvgIpc) is 3.07. The lowest BCUT2D eigenvalue weighted by Crippen LogP contribution is -2.27. The lowest BCUT2D eigenvalue weighted by molar-refractivity contribution is -0.123. The maximum Gasteiger partial charge on any atom is 0.293 e. The molecule has 0 atom stereocenters. The number of halogens is 1. The molecule has 0 saturated carbocycles. The normalized spacial score (nSPS) is 14.7. The van der Waals surface area contributed by atoms with E-state index in [1.807, 2.05) is 74.5 Å². The van der Waals surface area contributed by atoms with E-state index in [9.17, 15) is 9.59 Å². The number of hydrogen-bond donors (Lipinski definition) is 0. The Bertz CT molecular complexity index is 1240. The van der Waals surface area contributed by atoms with Crippen LogP contribution in [0.5, 0.6) is 11.5 Å². The second-order valence-corrected chi connectivity index (χ2v) is 9.24. The van der Waals surface area contributed by atoms with Crippen LogP contribution < -0.4 is 9.47 Å². The van der Waals surface area contributed by atoms with E-state index in [4.69, 9.17) is 21.1 Å². The first-order chi connectivity index (χ1) is 16.4. The Balaban J connectivity index is 1.50. The molecule has 0 spiro atoms. The second-order valence-electron chi connectivity index (χ2n) is 7.81.